The van der Waals surface area contributed by atoms with Gasteiger partial charge in [0.15, 0.2) is 11.9 Å². The molecule has 0 bridgehead atoms. The number of rotatable bonds is 47. The quantitative estimate of drug-likeness (QED) is 0.0166. The molecule has 30 N–H and O–H groups in total. The minimum absolute atomic E-state index is 0.0311. The SMILES string of the molecule is CC(C)C[C@H](NC(=O)[C@H](Cc1ccccc1)NC(=O)[C@H](CCCCN)NC(=O)[C@H](C)NC(=O)[C@H](C)NC(=O)[C@H](C)NC(=O)[C@@H](NC(=O)[C@H](CCC(=O)O)NC(=O)[C@H](C)N)[C@@H](C)O)C(=O)N[C@@H](CCCN=C(N)N)C(=O)N[C@@]1(C(=O)N[C@@H](C)C(=O)N[C@@H](Cc2cnc[nH]2)C(=O)N[C@@H](C)C(N)=O)C[C@H]1CN=C(N)N. The molecule has 0 radical (unpaired) electrons. The standard InChI is InChI=1S/C66H108N24O17/c1-31(2)24-45(59(103)85-43(19-15-23-75-64(70)71)61(105)90-66(27-40(66)28-76-65(72)73)63(107)82-37(8)55(99)86-47(26-41-29-74-30-77-41)58(102)78-33(4)50(69)94)87-60(104)46(25-39-16-11-10-12-17-39)88-56(100)42(18-13-14-22-67)84-54(98)36(7)80-52(96)34(5)79-53(97)35(6)81-62(106)49(38(9)91)89-57(101)44(20-21-48(92)93)83-51(95)32(3)68/h10-12,16-17,29-38,40,42-47,49,91H,13-15,18-28,67-68H2,1-9H3,(H2,69,94)(H,74,77)(H,78,102)(H,79,97)(H,80,96)(H,81,106)(H,82,107)(H,83,95)(H,84,98)(H,85,103)(H,86,99)(H,87,104)(H,88,100)(H,89,101)(H,90,105)(H,92,93)(H4,70,71,75)(H4,72,73,76)/t32-,33-,34-,35-,36-,37-,38+,40-,42-,43-,44-,45-,46-,47-,49-,66-/m0/s1. The highest BCUT2D eigenvalue weighted by Crippen LogP contribution is 2.44. The lowest BCUT2D eigenvalue weighted by atomic mass is 9.99. The molecule has 107 heavy (non-hydrogen) atoms. The Balaban J connectivity index is 1.87. The Hall–Kier alpha value is -11.1. The second-order valence-corrected chi connectivity index (χ2v) is 26.8. The van der Waals surface area contributed by atoms with Gasteiger partial charge in [-0.05, 0) is 118 Å². The van der Waals surface area contributed by atoms with Gasteiger partial charge in [0, 0.05) is 50.2 Å². The summed E-state index contributed by atoms with van der Waals surface area (Å²) < 4.78 is 0. The third kappa shape index (κ3) is 31.2. The first-order chi connectivity index (χ1) is 50.2. The molecule has 0 unspecified atom stereocenters. The summed E-state index contributed by atoms with van der Waals surface area (Å²) in [7, 11) is 0. The summed E-state index contributed by atoms with van der Waals surface area (Å²) >= 11 is 0. The minimum atomic E-state index is -1.81. The number of hydrogen-bond donors (Lipinski definition) is 23. The number of nitrogens with one attached hydrogen (secondary N) is 14. The number of nitrogens with zero attached hydrogens (tertiary/aromatic N) is 3. The van der Waals surface area contributed by atoms with Crippen LogP contribution in [0.5, 0.6) is 0 Å². The Morgan fingerprint density at radius 1 is 0.523 bits per heavy atom. The van der Waals surface area contributed by atoms with E-state index in [0.717, 1.165) is 6.92 Å². The number of imidazole rings is 1. The van der Waals surface area contributed by atoms with Gasteiger partial charge < -0.3 is 124 Å². The van der Waals surface area contributed by atoms with Crippen LogP contribution in [0.2, 0.25) is 0 Å². The number of unbranched alkanes of at least 4 members (excludes halogenated alkanes) is 1. The van der Waals surface area contributed by atoms with Crippen molar-refractivity contribution in [2.24, 2.45) is 62.0 Å². The van der Waals surface area contributed by atoms with E-state index in [1.165, 1.54) is 54.1 Å². The van der Waals surface area contributed by atoms with Gasteiger partial charge in [-0.3, -0.25) is 81.9 Å². The highest BCUT2D eigenvalue weighted by Gasteiger charge is 2.62. The van der Waals surface area contributed by atoms with Crippen LogP contribution in [-0.4, -0.2) is 231 Å². The summed E-state index contributed by atoms with van der Waals surface area (Å²) in [6.45, 7) is 12.3. The lowest BCUT2D eigenvalue weighted by molar-refractivity contribution is -0.139. The lowest BCUT2D eigenvalue weighted by Gasteiger charge is -2.29. The molecule has 1 fully saturated rings. The Labute approximate surface area is 618 Å². The van der Waals surface area contributed by atoms with Gasteiger partial charge in [0.1, 0.15) is 78.0 Å². The van der Waals surface area contributed by atoms with Gasteiger partial charge in [0.05, 0.1) is 18.5 Å². The molecule has 0 spiro atoms. The minimum Gasteiger partial charge on any atom is -0.481 e. The molecule has 3 rings (SSSR count). The molecule has 0 saturated heterocycles. The van der Waals surface area contributed by atoms with Crippen molar-refractivity contribution in [1.29, 1.82) is 0 Å². The van der Waals surface area contributed by atoms with Crippen molar-refractivity contribution >= 4 is 101 Å². The molecule has 41 heteroatoms. The summed E-state index contributed by atoms with van der Waals surface area (Å²) in [5.74, 6) is -15.6. The van der Waals surface area contributed by atoms with Gasteiger partial charge in [0.2, 0.25) is 82.7 Å². The summed E-state index contributed by atoms with van der Waals surface area (Å²) in [5.41, 5.74) is 38.4. The van der Waals surface area contributed by atoms with Crippen LogP contribution in [0.1, 0.15) is 131 Å². The number of aliphatic hydroxyl groups excluding tert-OH is 1. The van der Waals surface area contributed by atoms with Gasteiger partial charge in [0.25, 0.3) is 0 Å². The number of aromatic amines is 1. The van der Waals surface area contributed by atoms with Crippen LogP contribution in [0.15, 0.2) is 52.8 Å². The smallest absolute Gasteiger partial charge is 0.303 e. The number of carboxylic acids is 1. The molecule has 1 aliphatic carbocycles. The van der Waals surface area contributed by atoms with Crippen LogP contribution in [0, 0.1) is 11.8 Å². The topological polar surface area (TPSA) is 688 Å². The molecular formula is C66H108N24O17. The normalized spacial score (nSPS) is 17.5. The summed E-state index contributed by atoms with van der Waals surface area (Å²) in [4.78, 5) is 218. The molecule has 2 aromatic rings. The predicted octanol–water partition coefficient (Wildman–Crippen LogP) is -8.43. The maximum atomic E-state index is 14.8. The van der Waals surface area contributed by atoms with Crippen molar-refractivity contribution in [3.05, 3.63) is 54.1 Å². The van der Waals surface area contributed by atoms with E-state index in [1.54, 1.807) is 44.2 Å². The van der Waals surface area contributed by atoms with Gasteiger partial charge in [-0.25, -0.2) is 4.98 Å². The third-order valence-corrected chi connectivity index (χ3v) is 16.9. The molecule has 1 saturated carbocycles. The van der Waals surface area contributed by atoms with Crippen LogP contribution in [0.3, 0.4) is 0 Å². The first-order valence-corrected chi connectivity index (χ1v) is 34.9. The van der Waals surface area contributed by atoms with Crippen molar-refractivity contribution in [1.82, 2.24) is 79.1 Å². The Bertz CT molecular complexity index is 3460. The number of primary amides is 1. The second-order valence-electron chi connectivity index (χ2n) is 26.8. The molecule has 16 atom stereocenters. The average Bonchev–Trinajstić information content (AvgIpc) is 1.58. The first-order valence-electron chi connectivity index (χ1n) is 34.9. The number of aliphatic imine (C=N–C) groups is 2. The Morgan fingerprint density at radius 3 is 1.51 bits per heavy atom. The van der Waals surface area contributed by atoms with E-state index in [-0.39, 0.29) is 88.8 Å². The molecule has 41 nitrogen and oxygen atoms in total. The van der Waals surface area contributed by atoms with Crippen molar-refractivity contribution < 1.29 is 82.1 Å². The number of benzene rings is 1. The number of amides is 14. The highest BCUT2D eigenvalue weighted by molar-refractivity contribution is 6.02. The maximum absolute atomic E-state index is 14.8. The van der Waals surface area contributed by atoms with Gasteiger partial charge in [-0.2, -0.15) is 0 Å². The second kappa shape index (κ2) is 44.0. The largest absolute Gasteiger partial charge is 0.481 e. The predicted molar refractivity (Wildman–Crippen MR) is 387 cm³/mol. The van der Waals surface area contributed by atoms with E-state index >= 15 is 0 Å². The van der Waals surface area contributed by atoms with E-state index in [2.05, 4.69) is 89.1 Å². The molecule has 0 aliphatic heterocycles. The summed E-state index contributed by atoms with van der Waals surface area (Å²) in [6, 6.07) is -9.66. The number of guanidine groups is 2. The Morgan fingerprint density at radius 2 is 0.981 bits per heavy atom. The summed E-state index contributed by atoms with van der Waals surface area (Å²) in [6.07, 6.45) is 0.298. The fourth-order valence-corrected chi connectivity index (χ4v) is 10.5. The monoisotopic (exact) mass is 1510 g/mol. The van der Waals surface area contributed by atoms with E-state index in [4.69, 9.17) is 40.1 Å². The van der Waals surface area contributed by atoms with E-state index in [9.17, 15) is 82.1 Å². The number of carbonyl (C=O) groups excluding carboxylic acids is 14. The number of nitrogens with two attached hydrogens (primary N) is 7. The average molecular weight is 1510 g/mol. The van der Waals surface area contributed by atoms with E-state index in [0.29, 0.717) is 17.7 Å². The van der Waals surface area contributed by atoms with Crippen LogP contribution in [-0.2, 0) is 84.8 Å². The van der Waals surface area contributed by atoms with E-state index < -0.39 is 198 Å². The van der Waals surface area contributed by atoms with Gasteiger partial charge in [-0.15, -0.1) is 0 Å². The molecule has 1 heterocycles. The fourth-order valence-electron chi connectivity index (χ4n) is 10.5. The zero-order valence-electron chi connectivity index (χ0n) is 61.6. The van der Waals surface area contributed by atoms with Crippen LogP contribution in [0.4, 0.5) is 0 Å². The molecule has 14 amide bonds. The first kappa shape index (κ1) is 90.1. The van der Waals surface area contributed by atoms with Crippen molar-refractivity contribution in [3.8, 4) is 0 Å². The lowest BCUT2D eigenvalue weighted by Crippen LogP contribution is -2.61. The molecule has 594 valence electrons. The number of hydrogen-bond acceptors (Lipinski definition) is 21. The van der Waals surface area contributed by atoms with Crippen molar-refractivity contribution in [3.63, 3.8) is 0 Å². The van der Waals surface area contributed by atoms with Crippen molar-refractivity contribution in [2.45, 2.75) is 223 Å². The van der Waals surface area contributed by atoms with Crippen molar-refractivity contribution in [2.75, 3.05) is 19.6 Å². The van der Waals surface area contributed by atoms with Crippen LogP contribution < -0.4 is 109 Å². The molecule has 1 aliphatic rings. The third-order valence-electron chi connectivity index (χ3n) is 16.9. The fraction of sp³-hybridized carbons (Fsp3) is 0.606. The molecule has 1 aromatic heterocycles. The number of H-pyrrole nitrogens is 1. The molecular weight excluding hydrogens is 1400 g/mol. The van der Waals surface area contributed by atoms with Gasteiger partial charge in [-0.1, -0.05) is 44.2 Å². The number of aliphatic hydroxyl groups is 1. The maximum Gasteiger partial charge on any atom is 0.303 e. The zero-order chi connectivity index (χ0) is 80.6. The number of carbonyl (C=O) groups is 15. The summed E-state index contributed by atoms with van der Waals surface area (Å²) in [5, 5.41) is 52.4. The van der Waals surface area contributed by atoms with Crippen LogP contribution >= 0.6 is 0 Å². The van der Waals surface area contributed by atoms with Gasteiger partial charge >= 0.3 is 5.97 Å². The number of aliphatic carboxylic acids is 1. The number of aromatic nitrogens is 2. The number of carboxylic acid groups (broad SMARTS) is 1. The zero-order valence-corrected chi connectivity index (χ0v) is 61.6. The van der Waals surface area contributed by atoms with Crippen LogP contribution in [0.25, 0.3) is 0 Å². The van der Waals surface area contributed by atoms with E-state index in [1.807, 2.05) is 0 Å². The molecule has 1 aromatic carbocycles. The Kier molecular flexibility index (Phi) is 37.1. The highest BCUT2D eigenvalue weighted by atomic mass is 16.4.